The molecule has 20 heavy (non-hydrogen) atoms. The summed E-state index contributed by atoms with van der Waals surface area (Å²) >= 11 is 6.08. The number of carbonyl (C=O) groups is 1. The Bertz CT molecular complexity index is 473. The molecule has 1 N–H and O–H groups in total. The number of hydrogen-bond donors (Lipinski definition) is 1. The van der Waals surface area contributed by atoms with Crippen molar-refractivity contribution in [1.29, 1.82) is 0 Å². The lowest BCUT2D eigenvalue weighted by Crippen LogP contribution is -2.42. The predicted molar refractivity (Wildman–Crippen MR) is 79.2 cm³/mol. The molecule has 1 fully saturated rings. The first kappa shape index (κ1) is 14.9. The molecule has 0 bridgehead atoms. The van der Waals surface area contributed by atoms with Crippen molar-refractivity contribution in [2.45, 2.75) is 32.7 Å². The minimum absolute atomic E-state index is 0.221. The largest absolute Gasteiger partial charge is 0.450 e. The molecule has 6 heteroatoms. The molecule has 0 unspecified atom stereocenters. The Labute approximate surface area is 124 Å². The topological polar surface area (TPSA) is 54.5 Å². The average Bonchev–Trinajstić information content (AvgIpc) is 2.44. The number of nitrogens with one attached hydrogen (secondary N) is 1. The van der Waals surface area contributed by atoms with Gasteiger partial charge in [-0.2, -0.15) is 0 Å². The predicted octanol–water partition coefficient (Wildman–Crippen LogP) is 3.08. The fourth-order valence-corrected chi connectivity index (χ4v) is 2.45. The highest BCUT2D eigenvalue weighted by atomic mass is 35.5. The lowest BCUT2D eigenvalue weighted by molar-refractivity contribution is 0.0983. The number of likely N-dealkylation sites (tertiary alicyclic amines) is 1. The molecule has 1 aliphatic rings. The third-order valence-electron chi connectivity index (χ3n) is 3.36. The molecular formula is C14H20ClN3O2. The van der Waals surface area contributed by atoms with E-state index in [1.165, 1.54) is 0 Å². The molecule has 110 valence electrons. The van der Waals surface area contributed by atoms with Gasteiger partial charge in [-0.05, 0) is 38.3 Å². The maximum Gasteiger partial charge on any atom is 0.409 e. The Kier molecular flexibility index (Phi) is 5.06. The monoisotopic (exact) mass is 297 g/mol. The van der Waals surface area contributed by atoms with Crippen LogP contribution in [0.1, 0.15) is 25.3 Å². The Balaban J connectivity index is 1.88. The molecule has 1 saturated heterocycles. The van der Waals surface area contributed by atoms with E-state index in [0.717, 1.165) is 24.1 Å². The van der Waals surface area contributed by atoms with Gasteiger partial charge in [0.25, 0.3) is 0 Å². The number of halogens is 1. The van der Waals surface area contributed by atoms with Gasteiger partial charge in [-0.1, -0.05) is 11.6 Å². The third-order valence-corrected chi connectivity index (χ3v) is 3.66. The summed E-state index contributed by atoms with van der Waals surface area (Å²) in [5, 5.41) is 3.90. The van der Waals surface area contributed by atoms with Gasteiger partial charge in [0.1, 0.15) is 0 Å². The first-order valence-electron chi connectivity index (χ1n) is 6.90. The number of rotatable bonds is 3. The standard InChI is InChI=1S/C14H20ClN3O2/c1-3-20-14(19)18-6-4-11(5-7-18)17-12-8-10(2)9-16-13(12)15/h8-9,11,17H,3-7H2,1-2H3. The zero-order valence-corrected chi connectivity index (χ0v) is 12.6. The Morgan fingerprint density at radius 2 is 2.25 bits per heavy atom. The number of piperidine rings is 1. The SMILES string of the molecule is CCOC(=O)N1CCC(Nc2cc(C)cnc2Cl)CC1. The van der Waals surface area contributed by atoms with E-state index in [-0.39, 0.29) is 6.09 Å². The van der Waals surface area contributed by atoms with Crippen LogP contribution in [-0.4, -0.2) is 41.7 Å². The minimum Gasteiger partial charge on any atom is -0.450 e. The van der Waals surface area contributed by atoms with Gasteiger partial charge in [-0.15, -0.1) is 0 Å². The maximum atomic E-state index is 11.6. The van der Waals surface area contributed by atoms with Gasteiger partial charge in [0.15, 0.2) is 5.15 Å². The normalized spacial score (nSPS) is 16.1. The van der Waals surface area contributed by atoms with Crippen LogP contribution in [0.5, 0.6) is 0 Å². The van der Waals surface area contributed by atoms with E-state index < -0.39 is 0 Å². The summed E-state index contributed by atoms with van der Waals surface area (Å²) in [6.07, 6.45) is 3.28. The van der Waals surface area contributed by atoms with Gasteiger partial charge in [0.2, 0.25) is 0 Å². The van der Waals surface area contributed by atoms with Gasteiger partial charge in [-0.3, -0.25) is 0 Å². The first-order chi connectivity index (χ1) is 9.60. The lowest BCUT2D eigenvalue weighted by Gasteiger charge is -2.32. The van der Waals surface area contributed by atoms with Crippen LogP contribution in [-0.2, 0) is 4.74 Å². The van der Waals surface area contributed by atoms with Crippen LogP contribution >= 0.6 is 11.6 Å². The zero-order valence-electron chi connectivity index (χ0n) is 11.9. The third kappa shape index (κ3) is 3.76. The molecule has 1 aromatic rings. The second-order valence-electron chi connectivity index (χ2n) is 4.96. The number of pyridine rings is 1. The first-order valence-corrected chi connectivity index (χ1v) is 7.28. The van der Waals surface area contributed by atoms with E-state index in [4.69, 9.17) is 16.3 Å². The highest BCUT2D eigenvalue weighted by Gasteiger charge is 2.23. The highest BCUT2D eigenvalue weighted by molar-refractivity contribution is 6.31. The summed E-state index contributed by atoms with van der Waals surface area (Å²) in [4.78, 5) is 17.5. The minimum atomic E-state index is -0.221. The fraction of sp³-hybridized carbons (Fsp3) is 0.571. The molecule has 5 nitrogen and oxygen atoms in total. The molecule has 0 aliphatic carbocycles. The number of carbonyl (C=O) groups excluding carboxylic acids is 1. The molecule has 0 atom stereocenters. The summed E-state index contributed by atoms with van der Waals surface area (Å²) in [6, 6.07) is 2.30. The molecule has 2 rings (SSSR count). The summed E-state index contributed by atoms with van der Waals surface area (Å²) < 4.78 is 5.01. The van der Waals surface area contributed by atoms with Crippen molar-refractivity contribution < 1.29 is 9.53 Å². The smallest absolute Gasteiger partial charge is 0.409 e. The number of nitrogens with zero attached hydrogens (tertiary/aromatic N) is 2. The van der Waals surface area contributed by atoms with Crippen LogP contribution in [0.2, 0.25) is 5.15 Å². The summed E-state index contributed by atoms with van der Waals surface area (Å²) in [5.41, 5.74) is 1.93. The van der Waals surface area contributed by atoms with Crippen molar-refractivity contribution in [1.82, 2.24) is 9.88 Å². The molecule has 0 aromatic carbocycles. The maximum absolute atomic E-state index is 11.6. The van der Waals surface area contributed by atoms with Crippen molar-refractivity contribution in [3.05, 3.63) is 23.0 Å². The second-order valence-corrected chi connectivity index (χ2v) is 5.31. The van der Waals surface area contributed by atoms with E-state index in [2.05, 4.69) is 10.3 Å². The quantitative estimate of drug-likeness (QED) is 0.871. The van der Waals surface area contributed by atoms with E-state index in [1.54, 1.807) is 11.1 Å². The molecule has 0 radical (unpaired) electrons. The number of hydrogen-bond acceptors (Lipinski definition) is 4. The number of aromatic nitrogens is 1. The molecule has 0 spiro atoms. The Morgan fingerprint density at radius 1 is 1.55 bits per heavy atom. The van der Waals surface area contributed by atoms with Gasteiger partial charge in [0, 0.05) is 25.3 Å². The van der Waals surface area contributed by atoms with Crippen LogP contribution in [0.3, 0.4) is 0 Å². The van der Waals surface area contributed by atoms with Gasteiger partial charge >= 0.3 is 6.09 Å². The van der Waals surface area contributed by atoms with Crippen LogP contribution in [0.4, 0.5) is 10.5 Å². The van der Waals surface area contributed by atoms with Crippen molar-refractivity contribution in [2.24, 2.45) is 0 Å². The molecule has 1 amide bonds. The molecule has 1 aliphatic heterocycles. The van der Waals surface area contributed by atoms with E-state index >= 15 is 0 Å². The van der Waals surface area contributed by atoms with Crippen molar-refractivity contribution in [2.75, 3.05) is 25.0 Å². The van der Waals surface area contributed by atoms with Crippen molar-refractivity contribution in [3.8, 4) is 0 Å². The fourth-order valence-electron chi connectivity index (χ4n) is 2.29. The van der Waals surface area contributed by atoms with E-state index in [1.807, 2.05) is 19.9 Å². The average molecular weight is 298 g/mol. The van der Waals surface area contributed by atoms with Crippen molar-refractivity contribution >= 4 is 23.4 Å². The summed E-state index contributed by atoms with van der Waals surface area (Å²) in [7, 11) is 0. The zero-order chi connectivity index (χ0) is 14.5. The molecule has 2 heterocycles. The lowest BCUT2D eigenvalue weighted by atomic mass is 10.1. The van der Waals surface area contributed by atoms with Gasteiger partial charge in [0.05, 0.1) is 12.3 Å². The Morgan fingerprint density at radius 3 is 2.90 bits per heavy atom. The number of ether oxygens (including phenoxy) is 1. The van der Waals surface area contributed by atoms with E-state index in [9.17, 15) is 4.79 Å². The van der Waals surface area contributed by atoms with Crippen LogP contribution in [0, 0.1) is 6.92 Å². The summed E-state index contributed by atoms with van der Waals surface area (Å²) in [6.45, 7) is 5.62. The van der Waals surface area contributed by atoms with Crippen molar-refractivity contribution in [3.63, 3.8) is 0 Å². The number of anilines is 1. The van der Waals surface area contributed by atoms with Gasteiger partial charge in [-0.25, -0.2) is 9.78 Å². The van der Waals surface area contributed by atoms with Crippen LogP contribution < -0.4 is 5.32 Å². The summed E-state index contributed by atoms with van der Waals surface area (Å²) in [5.74, 6) is 0. The molecular weight excluding hydrogens is 278 g/mol. The van der Waals surface area contributed by atoms with Crippen LogP contribution in [0.25, 0.3) is 0 Å². The second kappa shape index (κ2) is 6.79. The van der Waals surface area contributed by atoms with E-state index in [0.29, 0.717) is 30.9 Å². The molecule has 1 aromatic heterocycles. The highest BCUT2D eigenvalue weighted by Crippen LogP contribution is 2.23. The van der Waals surface area contributed by atoms with Gasteiger partial charge < -0.3 is 15.0 Å². The van der Waals surface area contributed by atoms with Crippen LogP contribution in [0.15, 0.2) is 12.3 Å². The number of amides is 1. The molecule has 0 saturated carbocycles. The number of aryl methyl sites for hydroxylation is 1. The Hall–Kier alpha value is -1.49.